The summed E-state index contributed by atoms with van der Waals surface area (Å²) in [6.45, 7) is -0.227. The average Bonchev–Trinajstić information content (AvgIpc) is 2.61. The Morgan fingerprint density at radius 2 is 2.25 bits per heavy atom. The molecule has 1 amide bonds. The Morgan fingerprint density at radius 3 is 2.96 bits per heavy atom. The van der Waals surface area contributed by atoms with Crippen molar-refractivity contribution >= 4 is 11.9 Å². The van der Waals surface area contributed by atoms with Crippen LogP contribution in [0.3, 0.4) is 0 Å². The number of nitriles is 1. The number of aliphatic hydroxyl groups is 1. The number of nitrogens with zero attached hydrogens (tertiary/aromatic N) is 1. The maximum absolute atomic E-state index is 12.1. The van der Waals surface area contributed by atoms with Gasteiger partial charge in [-0.25, -0.2) is 0 Å². The van der Waals surface area contributed by atoms with Gasteiger partial charge in [-0.1, -0.05) is 12.1 Å². The number of ether oxygens (including phenoxy) is 1. The van der Waals surface area contributed by atoms with Crippen LogP contribution in [0.4, 0.5) is 0 Å². The lowest BCUT2D eigenvalue weighted by Crippen LogP contribution is -2.58. The molecule has 0 radical (unpaired) electrons. The molecule has 0 aromatic heterocycles. The van der Waals surface area contributed by atoms with E-state index in [1.165, 1.54) is 7.11 Å². The molecule has 24 heavy (non-hydrogen) atoms. The smallest absolute Gasteiger partial charge is 0.325 e. The second-order valence-corrected chi connectivity index (χ2v) is 5.80. The molecule has 3 atom stereocenters. The first-order chi connectivity index (χ1) is 11.5. The van der Waals surface area contributed by atoms with Crippen LogP contribution < -0.4 is 10.6 Å². The predicted molar refractivity (Wildman–Crippen MR) is 85.8 cm³/mol. The van der Waals surface area contributed by atoms with E-state index in [0.717, 1.165) is 12.0 Å². The van der Waals surface area contributed by atoms with Crippen molar-refractivity contribution in [2.45, 2.75) is 37.5 Å². The molecule has 3 unspecified atom stereocenters. The number of hydrogen-bond donors (Lipinski definition) is 3. The molecule has 0 bridgehead atoms. The van der Waals surface area contributed by atoms with Crippen LogP contribution in [-0.4, -0.2) is 48.8 Å². The minimum absolute atomic E-state index is 0.0104. The first kappa shape index (κ1) is 17.9. The zero-order valence-electron chi connectivity index (χ0n) is 13.5. The summed E-state index contributed by atoms with van der Waals surface area (Å²) in [6.07, 6.45) is 1.07. The Kier molecular flexibility index (Phi) is 6.29. The van der Waals surface area contributed by atoms with Gasteiger partial charge in [0.15, 0.2) is 0 Å². The molecule has 0 saturated carbocycles. The van der Waals surface area contributed by atoms with Crippen LogP contribution in [0.25, 0.3) is 0 Å². The number of esters is 1. The van der Waals surface area contributed by atoms with Gasteiger partial charge < -0.3 is 20.5 Å². The fourth-order valence-corrected chi connectivity index (χ4v) is 2.79. The van der Waals surface area contributed by atoms with Crippen molar-refractivity contribution in [1.29, 1.82) is 5.26 Å². The van der Waals surface area contributed by atoms with E-state index in [4.69, 9.17) is 5.26 Å². The second kappa shape index (κ2) is 8.43. The van der Waals surface area contributed by atoms with Crippen molar-refractivity contribution in [1.82, 2.24) is 10.6 Å². The summed E-state index contributed by atoms with van der Waals surface area (Å²) in [5, 5.41) is 24.6. The Balaban J connectivity index is 1.95. The number of nitrogens with one attached hydrogen (secondary N) is 2. The first-order valence-corrected chi connectivity index (χ1v) is 7.81. The van der Waals surface area contributed by atoms with Gasteiger partial charge in [-0.15, -0.1) is 0 Å². The third kappa shape index (κ3) is 4.78. The molecule has 1 aromatic rings. The second-order valence-electron chi connectivity index (χ2n) is 5.80. The number of hydrogen-bond acceptors (Lipinski definition) is 6. The minimum Gasteiger partial charge on any atom is -0.468 e. The van der Waals surface area contributed by atoms with Crippen molar-refractivity contribution in [3.05, 3.63) is 35.4 Å². The number of carbonyl (C=O) groups excluding carboxylic acids is 2. The molecule has 1 aromatic carbocycles. The number of benzene rings is 1. The van der Waals surface area contributed by atoms with E-state index in [1.54, 1.807) is 6.07 Å². The van der Waals surface area contributed by atoms with E-state index in [9.17, 15) is 14.7 Å². The molecule has 0 aliphatic carbocycles. The van der Waals surface area contributed by atoms with Gasteiger partial charge in [0.25, 0.3) is 0 Å². The van der Waals surface area contributed by atoms with Crippen LogP contribution in [0.5, 0.6) is 0 Å². The predicted octanol–water partition coefficient (Wildman–Crippen LogP) is -0.129. The monoisotopic (exact) mass is 331 g/mol. The lowest BCUT2D eigenvalue weighted by molar-refractivity contribution is -0.142. The normalized spacial score (nSPS) is 23.1. The average molecular weight is 331 g/mol. The topological polar surface area (TPSA) is 111 Å². The Bertz CT molecular complexity index is 641. The van der Waals surface area contributed by atoms with Crippen molar-refractivity contribution in [3.63, 3.8) is 0 Å². The molecule has 1 aliphatic rings. The molecule has 2 rings (SSSR count). The highest BCUT2D eigenvalue weighted by atomic mass is 16.5. The Morgan fingerprint density at radius 1 is 1.46 bits per heavy atom. The Labute approximate surface area is 140 Å². The number of carbonyl (C=O) groups is 2. The van der Waals surface area contributed by atoms with Crippen LogP contribution in [-0.2, 0) is 20.7 Å². The maximum Gasteiger partial charge on any atom is 0.325 e. The summed E-state index contributed by atoms with van der Waals surface area (Å²) in [4.78, 5) is 23.2. The molecule has 1 saturated heterocycles. The molecule has 1 heterocycles. The lowest BCUT2D eigenvalue weighted by atomic mass is 9.91. The maximum atomic E-state index is 12.1. The molecule has 1 aliphatic heterocycles. The third-order valence-corrected chi connectivity index (χ3v) is 4.07. The van der Waals surface area contributed by atoms with Gasteiger partial charge in [0.2, 0.25) is 5.91 Å². The number of methoxy groups -OCH3 is 1. The zero-order chi connectivity index (χ0) is 17.5. The molecule has 3 N–H and O–H groups in total. The standard InChI is InChI=1S/C17H21N3O4/c1-24-15(22)10-19-17(23)16-14(21)6-5-13(20-16)8-11-3-2-4-12(7-11)9-18/h2-4,7,13-14,16,20-21H,5-6,8,10H2,1H3,(H,19,23). The third-order valence-electron chi connectivity index (χ3n) is 4.07. The van der Waals surface area contributed by atoms with Gasteiger partial charge in [-0.2, -0.15) is 5.26 Å². The Hall–Kier alpha value is -2.43. The summed E-state index contributed by atoms with van der Waals surface area (Å²) in [6, 6.07) is 8.66. The van der Waals surface area contributed by atoms with E-state index in [0.29, 0.717) is 18.4 Å². The SMILES string of the molecule is COC(=O)CNC(=O)C1NC(Cc2cccc(C#N)c2)CCC1O. The molecule has 128 valence electrons. The van der Waals surface area contributed by atoms with E-state index in [2.05, 4.69) is 21.4 Å². The van der Waals surface area contributed by atoms with Crippen LogP contribution >= 0.6 is 0 Å². The van der Waals surface area contributed by atoms with Crippen molar-refractivity contribution < 1.29 is 19.4 Å². The summed E-state index contributed by atoms with van der Waals surface area (Å²) in [7, 11) is 1.24. The molecule has 1 fully saturated rings. The summed E-state index contributed by atoms with van der Waals surface area (Å²) >= 11 is 0. The van der Waals surface area contributed by atoms with Crippen LogP contribution in [0, 0.1) is 11.3 Å². The number of aliphatic hydroxyl groups excluding tert-OH is 1. The highest BCUT2D eigenvalue weighted by molar-refractivity contribution is 5.86. The van der Waals surface area contributed by atoms with Gasteiger partial charge >= 0.3 is 5.97 Å². The van der Waals surface area contributed by atoms with Gasteiger partial charge in [-0.3, -0.25) is 9.59 Å². The molecule has 7 heteroatoms. The molecular formula is C17H21N3O4. The van der Waals surface area contributed by atoms with Gasteiger partial charge in [0.05, 0.1) is 24.8 Å². The van der Waals surface area contributed by atoms with Crippen molar-refractivity contribution in [3.8, 4) is 6.07 Å². The number of amides is 1. The quantitative estimate of drug-likeness (QED) is 0.648. The van der Waals surface area contributed by atoms with Gasteiger partial charge in [0, 0.05) is 6.04 Å². The number of piperidine rings is 1. The molecule has 0 spiro atoms. The minimum atomic E-state index is -0.802. The lowest BCUT2D eigenvalue weighted by Gasteiger charge is -2.34. The highest BCUT2D eigenvalue weighted by Crippen LogP contribution is 2.18. The van der Waals surface area contributed by atoms with E-state index in [1.807, 2.05) is 18.2 Å². The highest BCUT2D eigenvalue weighted by Gasteiger charge is 2.33. The fraction of sp³-hybridized carbons (Fsp3) is 0.471. The van der Waals surface area contributed by atoms with Gasteiger partial charge in [0.1, 0.15) is 12.6 Å². The molecular weight excluding hydrogens is 310 g/mol. The van der Waals surface area contributed by atoms with Crippen LogP contribution in [0.15, 0.2) is 24.3 Å². The van der Waals surface area contributed by atoms with Gasteiger partial charge in [-0.05, 0) is 37.0 Å². The first-order valence-electron chi connectivity index (χ1n) is 7.81. The summed E-state index contributed by atoms with van der Waals surface area (Å²) in [5.41, 5.74) is 1.59. The van der Waals surface area contributed by atoms with E-state index >= 15 is 0 Å². The number of rotatable bonds is 5. The van der Waals surface area contributed by atoms with Crippen LogP contribution in [0.2, 0.25) is 0 Å². The van der Waals surface area contributed by atoms with Crippen molar-refractivity contribution in [2.75, 3.05) is 13.7 Å². The fourth-order valence-electron chi connectivity index (χ4n) is 2.79. The van der Waals surface area contributed by atoms with Crippen molar-refractivity contribution in [2.24, 2.45) is 0 Å². The molecule has 7 nitrogen and oxygen atoms in total. The van der Waals surface area contributed by atoms with E-state index in [-0.39, 0.29) is 12.6 Å². The van der Waals surface area contributed by atoms with E-state index < -0.39 is 24.0 Å². The van der Waals surface area contributed by atoms with Crippen LogP contribution in [0.1, 0.15) is 24.0 Å². The largest absolute Gasteiger partial charge is 0.468 e. The summed E-state index contributed by atoms with van der Waals surface area (Å²) < 4.78 is 4.47. The zero-order valence-corrected chi connectivity index (χ0v) is 13.5. The summed E-state index contributed by atoms with van der Waals surface area (Å²) in [5.74, 6) is -0.970.